The van der Waals surface area contributed by atoms with E-state index in [9.17, 15) is 14.4 Å². The molecule has 2 aromatic carbocycles. The van der Waals surface area contributed by atoms with Crippen molar-refractivity contribution in [3.05, 3.63) is 60.7 Å². The van der Waals surface area contributed by atoms with Gasteiger partial charge in [0, 0.05) is 0 Å². The fraction of sp³-hybridized carbons (Fsp3) is 0.0625. The van der Waals surface area contributed by atoms with Crippen LogP contribution in [0.5, 0.6) is 0 Å². The van der Waals surface area contributed by atoms with Crippen LogP contribution in [-0.4, -0.2) is 23.2 Å². The van der Waals surface area contributed by atoms with E-state index >= 15 is 0 Å². The van der Waals surface area contributed by atoms with Crippen LogP contribution < -0.4 is 9.80 Å². The zero-order chi connectivity index (χ0) is 15.7. The molecule has 4 amide bonds. The van der Waals surface area contributed by atoms with Gasteiger partial charge in [-0.2, -0.15) is 0 Å². The Labute approximate surface area is 131 Å². The SMILES string of the molecule is O=C1C(Cl)C(=O)N(c2ccccc2)C(=O)N1c1ccccc1. The molecule has 0 aliphatic carbocycles. The van der Waals surface area contributed by atoms with Gasteiger partial charge >= 0.3 is 6.03 Å². The smallest absolute Gasteiger partial charge is 0.272 e. The van der Waals surface area contributed by atoms with Crippen LogP contribution in [0, 0.1) is 0 Å². The highest BCUT2D eigenvalue weighted by molar-refractivity contribution is 6.52. The third kappa shape index (κ3) is 2.25. The van der Waals surface area contributed by atoms with Crippen LogP contribution in [-0.2, 0) is 9.59 Å². The average Bonchev–Trinajstić information content (AvgIpc) is 2.55. The predicted molar refractivity (Wildman–Crippen MR) is 82.9 cm³/mol. The van der Waals surface area contributed by atoms with Crippen molar-refractivity contribution in [1.82, 2.24) is 0 Å². The van der Waals surface area contributed by atoms with Crippen LogP contribution in [0.25, 0.3) is 0 Å². The van der Waals surface area contributed by atoms with Crippen molar-refractivity contribution in [2.45, 2.75) is 5.38 Å². The van der Waals surface area contributed by atoms with E-state index in [0.717, 1.165) is 9.80 Å². The number of urea groups is 1. The lowest BCUT2D eigenvalue weighted by atomic mass is 10.2. The van der Waals surface area contributed by atoms with Gasteiger partial charge in [0.05, 0.1) is 11.4 Å². The second kappa shape index (κ2) is 5.61. The number of amides is 4. The maximum absolute atomic E-state index is 12.6. The number of imide groups is 2. The van der Waals surface area contributed by atoms with Crippen LogP contribution in [0.2, 0.25) is 0 Å². The number of benzene rings is 2. The van der Waals surface area contributed by atoms with Gasteiger partial charge in [-0.25, -0.2) is 14.6 Å². The Hall–Kier alpha value is -2.66. The summed E-state index contributed by atoms with van der Waals surface area (Å²) in [5.74, 6) is -1.48. The van der Waals surface area contributed by atoms with Crippen molar-refractivity contribution in [2.75, 3.05) is 9.80 Å². The number of hydrogen-bond donors (Lipinski definition) is 0. The van der Waals surface area contributed by atoms with E-state index < -0.39 is 23.2 Å². The third-order valence-corrected chi connectivity index (χ3v) is 3.66. The van der Waals surface area contributed by atoms with Crippen molar-refractivity contribution >= 4 is 40.8 Å². The van der Waals surface area contributed by atoms with Crippen LogP contribution in [0.4, 0.5) is 16.2 Å². The molecule has 1 aliphatic heterocycles. The summed E-state index contributed by atoms with van der Waals surface area (Å²) in [7, 11) is 0. The molecule has 0 radical (unpaired) electrons. The Morgan fingerprint density at radius 1 is 0.682 bits per heavy atom. The van der Waals surface area contributed by atoms with Crippen LogP contribution in [0.1, 0.15) is 0 Å². The number of hydrogen-bond acceptors (Lipinski definition) is 3. The quantitative estimate of drug-likeness (QED) is 0.632. The molecule has 0 N–H and O–H groups in total. The van der Waals surface area contributed by atoms with E-state index in [1.807, 2.05) is 0 Å². The summed E-state index contributed by atoms with van der Waals surface area (Å²) in [6.45, 7) is 0. The lowest BCUT2D eigenvalue weighted by molar-refractivity contribution is -0.126. The van der Waals surface area contributed by atoms with E-state index in [4.69, 9.17) is 11.6 Å². The monoisotopic (exact) mass is 314 g/mol. The summed E-state index contributed by atoms with van der Waals surface area (Å²) in [5.41, 5.74) is 0.744. The molecule has 22 heavy (non-hydrogen) atoms. The molecule has 6 heteroatoms. The molecule has 1 fully saturated rings. The van der Waals surface area contributed by atoms with E-state index in [2.05, 4.69) is 0 Å². The number of carbonyl (C=O) groups excluding carboxylic acids is 3. The predicted octanol–water partition coefficient (Wildman–Crippen LogP) is 2.79. The number of barbiturate groups is 1. The minimum Gasteiger partial charge on any atom is -0.272 e. The summed E-state index contributed by atoms with van der Waals surface area (Å²) in [4.78, 5) is 39.0. The molecule has 110 valence electrons. The molecule has 1 aliphatic rings. The molecule has 0 saturated carbocycles. The van der Waals surface area contributed by atoms with Gasteiger partial charge in [0.1, 0.15) is 0 Å². The number of halogens is 1. The summed E-state index contributed by atoms with van der Waals surface area (Å²) >= 11 is 5.94. The molecular weight excluding hydrogens is 304 g/mol. The molecule has 5 nitrogen and oxygen atoms in total. The summed E-state index contributed by atoms with van der Waals surface area (Å²) in [6, 6.07) is 16.0. The van der Waals surface area contributed by atoms with E-state index in [1.165, 1.54) is 0 Å². The molecule has 1 heterocycles. The molecule has 2 aromatic rings. The second-order valence-electron chi connectivity index (χ2n) is 4.66. The molecule has 0 unspecified atom stereocenters. The highest BCUT2D eigenvalue weighted by Crippen LogP contribution is 2.27. The van der Waals surface area contributed by atoms with Crippen LogP contribution >= 0.6 is 11.6 Å². The van der Waals surface area contributed by atoms with Gasteiger partial charge in [-0.05, 0) is 24.3 Å². The highest BCUT2D eigenvalue weighted by atomic mass is 35.5. The third-order valence-electron chi connectivity index (χ3n) is 3.29. The number of carbonyl (C=O) groups is 3. The van der Waals surface area contributed by atoms with Gasteiger partial charge < -0.3 is 0 Å². The number of alkyl halides is 1. The minimum absolute atomic E-state index is 0.372. The Morgan fingerprint density at radius 2 is 1.05 bits per heavy atom. The first-order valence-electron chi connectivity index (χ1n) is 6.57. The van der Waals surface area contributed by atoms with Gasteiger partial charge in [0.25, 0.3) is 11.8 Å². The first kappa shape index (κ1) is 14.3. The second-order valence-corrected chi connectivity index (χ2v) is 5.10. The van der Waals surface area contributed by atoms with E-state index in [1.54, 1.807) is 60.7 Å². The highest BCUT2D eigenvalue weighted by Gasteiger charge is 2.46. The van der Waals surface area contributed by atoms with Crippen molar-refractivity contribution in [2.24, 2.45) is 0 Å². The van der Waals surface area contributed by atoms with Crippen molar-refractivity contribution in [1.29, 1.82) is 0 Å². The van der Waals surface area contributed by atoms with Crippen LogP contribution in [0.3, 0.4) is 0 Å². The molecule has 0 atom stereocenters. The average molecular weight is 315 g/mol. The number of anilines is 2. The summed E-state index contributed by atoms with van der Waals surface area (Å²) in [6.07, 6.45) is 0. The first-order valence-corrected chi connectivity index (χ1v) is 7.01. The number of rotatable bonds is 2. The molecule has 3 rings (SSSR count). The largest absolute Gasteiger partial charge is 0.342 e. The molecule has 0 aromatic heterocycles. The summed E-state index contributed by atoms with van der Waals surface area (Å²) in [5, 5.41) is -1.43. The maximum atomic E-state index is 12.6. The zero-order valence-electron chi connectivity index (χ0n) is 11.3. The molecule has 0 bridgehead atoms. The van der Waals surface area contributed by atoms with Gasteiger partial charge in [-0.15, -0.1) is 11.6 Å². The lowest BCUT2D eigenvalue weighted by Gasteiger charge is -2.34. The van der Waals surface area contributed by atoms with Crippen LogP contribution in [0.15, 0.2) is 60.7 Å². The normalized spacial score (nSPS) is 16.3. The Morgan fingerprint density at radius 3 is 1.41 bits per heavy atom. The fourth-order valence-corrected chi connectivity index (χ4v) is 2.45. The lowest BCUT2D eigenvalue weighted by Crippen LogP contribution is -2.61. The zero-order valence-corrected chi connectivity index (χ0v) is 12.1. The number of nitrogens with zero attached hydrogens (tertiary/aromatic N) is 2. The molecule has 1 saturated heterocycles. The van der Waals surface area contributed by atoms with Crippen molar-refractivity contribution in [3.8, 4) is 0 Å². The standard InChI is InChI=1S/C16H11ClN2O3/c17-13-14(20)18(11-7-3-1-4-8-11)16(22)19(15(13)21)12-9-5-2-6-10-12/h1-10,13H. The minimum atomic E-state index is -1.43. The molecule has 0 spiro atoms. The van der Waals surface area contributed by atoms with Crippen molar-refractivity contribution in [3.63, 3.8) is 0 Å². The maximum Gasteiger partial charge on any atom is 0.342 e. The Balaban J connectivity index is 2.07. The number of para-hydroxylation sites is 2. The topological polar surface area (TPSA) is 57.7 Å². The Bertz CT molecular complexity index is 672. The molecular formula is C16H11ClN2O3. The van der Waals surface area contributed by atoms with E-state index in [-0.39, 0.29) is 0 Å². The van der Waals surface area contributed by atoms with Crippen molar-refractivity contribution < 1.29 is 14.4 Å². The van der Waals surface area contributed by atoms with Gasteiger partial charge in [0.2, 0.25) is 0 Å². The summed E-state index contributed by atoms with van der Waals surface area (Å²) < 4.78 is 0. The van der Waals surface area contributed by atoms with E-state index in [0.29, 0.717) is 11.4 Å². The van der Waals surface area contributed by atoms with Gasteiger partial charge in [-0.1, -0.05) is 36.4 Å². The first-order chi connectivity index (χ1) is 10.6. The van der Waals surface area contributed by atoms with Gasteiger partial charge in [0.15, 0.2) is 5.38 Å². The fourth-order valence-electron chi connectivity index (χ4n) is 2.25. The Kier molecular flexibility index (Phi) is 3.65. The van der Waals surface area contributed by atoms with Gasteiger partial charge in [-0.3, -0.25) is 9.59 Å².